The number of halogens is 1. The number of piperidine rings is 1. The fourth-order valence-corrected chi connectivity index (χ4v) is 4.74. The number of benzene rings is 1. The van der Waals surface area contributed by atoms with Gasteiger partial charge in [-0.2, -0.15) is 14.8 Å². The SMILES string of the molecule is C/C=C/c1c2cccc(N[C@@H]3CCN(C)C[C@@H]3F)c2nn1-c1noc(CNC(=O)c2ccn(C(C)(C)C)c2)n1. The first kappa shape index (κ1) is 26.6. The lowest BCUT2D eigenvalue weighted by Crippen LogP contribution is -2.46. The molecule has 1 aliphatic heterocycles. The molecule has 5 rings (SSSR count). The van der Waals surface area contributed by atoms with Crippen molar-refractivity contribution in [2.75, 3.05) is 25.5 Å². The molecule has 10 nitrogen and oxygen atoms in total. The van der Waals surface area contributed by atoms with Crippen LogP contribution in [-0.2, 0) is 12.1 Å². The summed E-state index contributed by atoms with van der Waals surface area (Å²) in [5.74, 6) is 0.272. The molecule has 4 aromatic rings. The molecule has 1 aromatic carbocycles. The first-order chi connectivity index (χ1) is 18.6. The van der Waals surface area contributed by atoms with Gasteiger partial charge in [-0.15, -0.1) is 0 Å². The van der Waals surface area contributed by atoms with Gasteiger partial charge in [-0.1, -0.05) is 18.2 Å². The fourth-order valence-electron chi connectivity index (χ4n) is 4.74. The van der Waals surface area contributed by atoms with Gasteiger partial charge in [0, 0.05) is 36.4 Å². The zero-order valence-corrected chi connectivity index (χ0v) is 23.0. The summed E-state index contributed by atoms with van der Waals surface area (Å²) in [4.78, 5) is 19.1. The molecule has 206 valence electrons. The van der Waals surface area contributed by atoms with Gasteiger partial charge in [-0.05, 0) is 64.5 Å². The largest absolute Gasteiger partial charge is 0.377 e. The van der Waals surface area contributed by atoms with E-state index in [1.54, 1.807) is 10.7 Å². The standard InChI is InChI=1S/C28H35FN8O2/c1-6-8-23-19-9-7-10-22(31-21-12-13-35(5)17-20(21)29)25(19)33-37(23)27-32-24(39-34-27)15-30-26(38)18-11-14-36(16-18)28(2,3)4/h6-11,14,16,20-21,31H,12-13,15,17H2,1-5H3,(H,30,38)/b8-6+/t20-,21+/m0/s1. The number of anilines is 1. The number of fused-ring (bicyclic) bond motifs is 1. The first-order valence-electron chi connectivity index (χ1n) is 13.2. The van der Waals surface area contributed by atoms with Crippen molar-refractivity contribution in [1.29, 1.82) is 0 Å². The average molecular weight is 535 g/mol. The summed E-state index contributed by atoms with van der Waals surface area (Å²) in [5, 5.41) is 16.0. The highest BCUT2D eigenvalue weighted by Crippen LogP contribution is 2.30. The lowest BCUT2D eigenvalue weighted by molar-refractivity contribution is 0.0946. The third-order valence-corrected chi connectivity index (χ3v) is 6.93. The molecule has 1 saturated heterocycles. The van der Waals surface area contributed by atoms with Gasteiger partial charge in [0.25, 0.3) is 11.9 Å². The highest BCUT2D eigenvalue weighted by atomic mass is 19.1. The van der Waals surface area contributed by atoms with Crippen LogP contribution >= 0.6 is 0 Å². The molecule has 4 heterocycles. The van der Waals surface area contributed by atoms with Crippen molar-refractivity contribution in [2.24, 2.45) is 0 Å². The average Bonchev–Trinajstić information content (AvgIpc) is 3.64. The number of likely N-dealkylation sites (tertiary alicyclic amines) is 1. The van der Waals surface area contributed by atoms with Crippen molar-refractivity contribution >= 4 is 28.6 Å². The van der Waals surface area contributed by atoms with Crippen molar-refractivity contribution in [3.63, 3.8) is 0 Å². The van der Waals surface area contributed by atoms with Gasteiger partial charge in [-0.3, -0.25) is 4.79 Å². The summed E-state index contributed by atoms with van der Waals surface area (Å²) < 4.78 is 23.8. The number of carbonyl (C=O) groups excluding carboxylic acids is 1. The van der Waals surface area contributed by atoms with E-state index >= 15 is 0 Å². The monoisotopic (exact) mass is 534 g/mol. The van der Waals surface area contributed by atoms with Crippen LogP contribution in [0, 0.1) is 0 Å². The van der Waals surface area contributed by atoms with E-state index in [0.29, 0.717) is 24.0 Å². The third kappa shape index (κ3) is 5.58. The topological polar surface area (TPSA) is 106 Å². The number of nitrogens with zero attached hydrogens (tertiary/aromatic N) is 6. The molecule has 39 heavy (non-hydrogen) atoms. The van der Waals surface area contributed by atoms with Crippen LogP contribution in [0.1, 0.15) is 56.1 Å². The van der Waals surface area contributed by atoms with E-state index in [4.69, 9.17) is 9.62 Å². The second kappa shape index (κ2) is 10.6. The maximum Gasteiger partial charge on any atom is 0.291 e. The van der Waals surface area contributed by atoms with Gasteiger partial charge in [-0.25, -0.2) is 4.39 Å². The van der Waals surface area contributed by atoms with Crippen LogP contribution in [0.3, 0.4) is 0 Å². The van der Waals surface area contributed by atoms with E-state index in [-0.39, 0.29) is 35.9 Å². The molecule has 0 saturated carbocycles. The molecule has 0 spiro atoms. The normalized spacial score (nSPS) is 18.7. The van der Waals surface area contributed by atoms with Crippen molar-refractivity contribution < 1.29 is 13.7 Å². The van der Waals surface area contributed by atoms with Crippen LogP contribution in [0.15, 0.2) is 47.3 Å². The molecule has 0 unspecified atom stereocenters. The Labute approximate surface area is 226 Å². The number of alkyl halides is 1. The van der Waals surface area contributed by atoms with Crippen LogP contribution in [0.2, 0.25) is 0 Å². The summed E-state index contributed by atoms with van der Waals surface area (Å²) in [6.07, 6.45) is 7.26. The molecule has 2 N–H and O–H groups in total. The van der Waals surface area contributed by atoms with E-state index in [2.05, 4.69) is 41.5 Å². The van der Waals surface area contributed by atoms with Crippen molar-refractivity contribution in [2.45, 2.75) is 58.4 Å². The minimum absolute atomic E-state index is 0.0765. The zero-order valence-electron chi connectivity index (χ0n) is 23.0. The maximum absolute atomic E-state index is 14.7. The molecule has 0 bridgehead atoms. The molecular weight excluding hydrogens is 499 g/mol. The van der Waals surface area contributed by atoms with Crippen LogP contribution < -0.4 is 10.6 Å². The van der Waals surface area contributed by atoms with Crippen LogP contribution in [0.5, 0.6) is 0 Å². The Morgan fingerprint density at radius 3 is 2.82 bits per heavy atom. The lowest BCUT2D eigenvalue weighted by atomic mass is 10.0. The van der Waals surface area contributed by atoms with E-state index in [1.165, 1.54) is 0 Å². The van der Waals surface area contributed by atoms with Crippen molar-refractivity contribution in [1.82, 2.24) is 34.7 Å². The van der Waals surface area contributed by atoms with Crippen molar-refractivity contribution in [3.05, 3.63) is 59.9 Å². The van der Waals surface area contributed by atoms with Crippen molar-refractivity contribution in [3.8, 4) is 5.95 Å². The number of rotatable bonds is 7. The molecule has 0 aliphatic carbocycles. The lowest BCUT2D eigenvalue weighted by Gasteiger charge is -2.33. The van der Waals surface area contributed by atoms with E-state index < -0.39 is 6.17 Å². The van der Waals surface area contributed by atoms with Crippen LogP contribution in [0.25, 0.3) is 22.9 Å². The molecular formula is C28H35FN8O2. The Bertz CT molecular complexity index is 1490. The number of allylic oxidation sites excluding steroid dienone is 1. The van der Waals surface area contributed by atoms with Gasteiger partial charge < -0.3 is 24.6 Å². The Morgan fingerprint density at radius 1 is 1.28 bits per heavy atom. The molecule has 1 amide bonds. The van der Waals surface area contributed by atoms with Gasteiger partial charge in [0.2, 0.25) is 5.89 Å². The highest BCUT2D eigenvalue weighted by molar-refractivity contribution is 5.96. The summed E-state index contributed by atoms with van der Waals surface area (Å²) in [6.45, 7) is 9.44. The van der Waals surface area contributed by atoms with Gasteiger partial charge in [0.05, 0.1) is 29.5 Å². The zero-order chi connectivity index (χ0) is 27.7. The Kier molecular flexibility index (Phi) is 7.26. The summed E-state index contributed by atoms with van der Waals surface area (Å²) in [7, 11) is 1.93. The van der Waals surface area contributed by atoms with Gasteiger partial charge in [0.15, 0.2) is 0 Å². The minimum Gasteiger partial charge on any atom is -0.377 e. The summed E-state index contributed by atoms with van der Waals surface area (Å²) in [5.41, 5.74) is 2.66. The summed E-state index contributed by atoms with van der Waals surface area (Å²) >= 11 is 0. The second-order valence-electron chi connectivity index (χ2n) is 11.0. The number of carbonyl (C=O) groups is 1. The smallest absolute Gasteiger partial charge is 0.291 e. The number of hydrogen-bond donors (Lipinski definition) is 2. The number of aromatic nitrogens is 5. The van der Waals surface area contributed by atoms with E-state index in [9.17, 15) is 9.18 Å². The first-order valence-corrected chi connectivity index (χ1v) is 13.2. The Morgan fingerprint density at radius 2 is 2.10 bits per heavy atom. The van der Waals surface area contributed by atoms with Gasteiger partial charge in [0.1, 0.15) is 11.7 Å². The van der Waals surface area contributed by atoms with E-state index in [0.717, 1.165) is 23.3 Å². The third-order valence-electron chi connectivity index (χ3n) is 6.93. The molecule has 2 atom stereocenters. The van der Waals surface area contributed by atoms with Gasteiger partial charge >= 0.3 is 0 Å². The quantitative estimate of drug-likeness (QED) is 0.362. The number of amides is 1. The predicted octanol–water partition coefficient (Wildman–Crippen LogP) is 4.38. The maximum atomic E-state index is 14.7. The molecule has 11 heteroatoms. The molecule has 1 fully saturated rings. The fraction of sp³-hybridized carbons (Fsp3) is 0.429. The highest BCUT2D eigenvalue weighted by Gasteiger charge is 2.28. The summed E-state index contributed by atoms with van der Waals surface area (Å²) in [6, 6.07) is 7.29. The molecule has 3 aromatic heterocycles. The minimum atomic E-state index is -0.974. The predicted molar refractivity (Wildman–Crippen MR) is 149 cm³/mol. The number of nitrogens with one attached hydrogen (secondary N) is 2. The Balaban J connectivity index is 1.36. The Hall–Kier alpha value is -3.99. The van der Waals surface area contributed by atoms with Crippen LogP contribution in [-0.4, -0.2) is 67.6 Å². The van der Waals surface area contributed by atoms with E-state index in [1.807, 2.05) is 66.2 Å². The molecule has 0 radical (unpaired) electrons. The molecule has 1 aliphatic rings. The van der Waals surface area contributed by atoms with Crippen LogP contribution in [0.4, 0.5) is 10.1 Å². The number of hydrogen-bond acceptors (Lipinski definition) is 7. The second-order valence-corrected chi connectivity index (χ2v) is 11.0.